The van der Waals surface area contributed by atoms with E-state index in [0.717, 1.165) is 18.4 Å². The van der Waals surface area contributed by atoms with Gasteiger partial charge in [0.1, 0.15) is 0 Å². The SMILES string of the molecule is CCC1(C)C(C)C1CN. The first kappa shape index (κ1) is 7.07. The summed E-state index contributed by atoms with van der Waals surface area (Å²) in [5.41, 5.74) is 6.17. The Morgan fingerprint density at radius 2 is 2.11 bits per heavy atom. The van der Waals surface area contributed by atoms with Crippen LogP contribution >= 0.6 is 0 Å². The van der Waals surface area contributed by atoms with Crippen molar-refractivity contribution in [2.75, 3.05) is 6.54 Å². The van der Waals surface area contributed by atoms with Crippen LogP contribution in [0.15, 0.2) is 0 Å². The molecule has 0 aromatic rings. The maximum atomic E-state index is 5.58. The second-order valence-corrected chi connectivity index (χ2v) is 3.49. The molecule has 1 saturated carbocycles. The molecular weight excluding hydrogens is 110 g/mol. The molecule has 1 heteroatoms. The quantitative estimate of drug-likeness (QED) is 0.599. The Morgan fingerprint density at radius 1 is 1.56 bits per heavy atom. The summed E-state index contributed by atoms with van der Waals surface area (Å²) in [6.07, 6.45) is 1.29. The fourth-order valence-corrected chi connectivity index (χ4v) is 1.97. The Labute approximate surface area is 57.6 Å². The predicted octanol–water partition coefficient (Wildman–Crippen LogP) is 1.63. The summed E-state index contributed by atoms with van der Waals surface area (Å²) >= 11 is 0. The highest BCUT2D eigenvalue weighted by atomic mass is 14.7. The molecule has 9 heavy (non-hydrogen) atoms. The molecule has 3 unspecified atom stereocenters. The minimum absolute atomic E-state index is 0.592. The van der Waals surface area contributed by atoms with Crippen LogP contribution in [0, 0.1) is 17.3 Å². The van der Waals surface area contributed by atoms with E-state index in [9.17, 15) is 0 Å². The van der Waals surface area contributed by atoms with Crippen LogP contribution in [0.4, 0.5) is 0 Å². The first-order valence-electron chi connectivity index (χ1n) is 3.87. The molecule has 0 aromatic heterocycles. The predicted molar refractivity (Wildman–Crippen MR) is 40.1 cm³/mol. The van der Waals surface area contributed by atoms with Gasteiger partial charge in [0.2, 0.25) is 0 Å². The fraction of sp³-hybridized carbons (Fsp3) is 1.00. The molecule has 0 aromatic carbocycles. The van der Waals surface area contributed by atoms with E-state index in [0.29, 0.717) is 5.41 Å². The zero-order chi connectivity index (χ0) is 7.07. The summed E-state index contributed by atoms with van der Waals surface area (Å²) in [7, 11) is 0. The standard InChI is InChI=1S/C8H17N/c1-4-8(3)6(2)7(8)5-9/h6-7H,4-5,9H2,1-3H3. The lowest BCUT2D eigenvalue weighted by molar-refractivity contribution is 0.470. The number of nitrogens with two attached hydrogens (primary N) is 1. The van der Waals surface area contributed by atoms with Crippen molar-refractivity contribution in [1.29, 1.82) is 0 Å². The summed E-state index contributed by atoms with van der Waals surface area (Å²) in [5.74, 6) is 1.68. The normalized spacial score (nSPS) is 49.3. The van der Waals surface area contributed by atoms with E-state index in [1.54, 1.807) is 0 Å². The van der Waals surface area contributed by atoms with Crippen molar-refractivity contribution in [3.63, 3.8) is 0 Å². The van der Waals surface area contributed by atoms with Crippen LogP contribution in [-0.2, 0) is 0 Å². The van der Waals surface area contributed by atoms with Gasteiger partial charge in [-0.25, -0.2) is 0 Å². The second kappa shape index (κ2) is 1.98. The van der Waals surface area contributed by atoms with Crippen molar-refractivity contribution in [3.8, 4) is 0 Å². The second-order valence-electron chi connectivity index (χ2n) is 3.49. The third kappa shape index (κ3) is 0.787. The van der Waals surface area contributed by atoms with Crippen molar-refractivity contribution in [3.05, 3.63) is 0 Å². The molecule has 1 rings (SSSR count). The highest BCUT2D eigenvalue weighted by molar-refractivity contribution is 5.04. The van der Waals surface area contributed by atoms with Crippen molar-refractivity contribution in [2.45, 2.75) is 27.2 Å². The molecule has 1 fully saturated rings. The lowest BCUT2D eigenvalue weighted by Crippen LogP contribution is -2.06. The van der Waals surface area contributed by atoms with Crippen molar-refractivity contribution >= 4 is 0 Å². The van der Waals surface area contributed by atoms with Crippen LogP contribution in [0.25, 0.3) is 0 Å². The van der Waals surface area contributed by atoms with Gasteiger partial charge in [0.15, 0.2) is 0 Å². The summed E-state index contributed by atoms with van der Waals surface area (Å²) < 4.78 is 0. The highest BCUT2D eigenvalue weighted by Gasteiger charge is 2.55. The van der Waals surface area contributed by atoms with Gasteiger partial charge in [-0.3, -0.25) is 0 Å². The number of rotatable bonds is 2. The van der Waals surface area contributed by atoms with Crippen LogP contribution in [0.2, 0.25) is 0 Å². The molecule has 2 N–H and O–H groups in total. The summed E-state index contributed by atoms with van der Waals surface area (Å²) in [4.78, 5) is 0. The van der Waals surface area contributed by atoms with E-state index in [1.165, 1.54) is 6.42 Å². The van der Waals surface area contributed by atoms with Gasteiger partial charge in [-0.15, -0.1) is 0 Å². The van der Waals surface area contributed by atoms with Gasteiger partial charge in [0.05, 0.1) is 0 Å². The first-order valence-corrected chi connectivity index (χ1v) is 3.87. The molecular formula is C8H17N. The largest absolute Gasteiger partial charge is 0.330 e. The average Bonchev–Trinajstić information content (AvgIpc) is 2.38. The molecule has 1 nitrogen and oxygen atoms in total. The molecule has 0 heterocycles. The van der Waals surface area contributed by atoms with Crippen molar-refractivity contribution in [2.24, 2.45) is 23.0 Å². The molecule has 1 aliphatic rings. The Hall–Kier alpha value is -0.0400. The molecule has 0 radical (unpaired) electrons. The minimum Gasteiger partial charge on any atom is -0.330 e. The van der Waals surface area contributed by atoms with E-state index < -0.39 is 0 Å². The lowest BCUT2D eigenvalue weighted by atomic mass is 10.0. The van der Waals surface area contributed by atoms with Gasteiger partial charge < -0.3 is 5.73 Å². The maximum absolute atomic E-state index is 5.58. The van der Waals surface area contributed by atoms with E-state index in [-0.39, 0.29) is 0 Å². The Balaban J connectivity index is 2.48. The summed E-state index contributed by atoms with van der Waals surface area (Å²) in [6.45, 7) is 7.79. The van der Waals surface area contributed by atoms with Gasteiger partial charge in [0.25, 0.3) is 0 Å². The van der Waals surface area contributed by atoms with E-state index in [2.05, 4.69) is 20.8 Å². The Morgan fingerprint density at radius 3 is 2.22 bits per heavy atom. The van der Waals surface area contributed by atoms with Gasteiger partial charge >= 0.3 is 0 Å². The monoisotopic (exact) mass is 127 g/mol. The van der Waals surface area contributed by atoms with Crippen LogP contribution in [-0.4, -0.2) is 6.54 Å². The molecule has 0 bridgehead atoms. The van der Waals surface area contributed by atoms with Gasteiger partial charge in [-0.1, -0.05) is 27.2 Å². The zero-order valence-electron chi connectivity index (χ0n) is 6.65. The first-order chi connectivity index (χ1) is 4.16. The highest BCUT2D eigenvalue weighted by Crippen LogP contribution is 2.59. The summed E-state index contributed by atoms with van der Waals surface area (Å²) in [5, 5.41) is 0. The van der Waals surface area contributed by atoms with E-state index in [1.807, 2.05) is 0 Å². The maximum Gasteiger partial charge on any atom is -0.00408 e. The Kier molecular flexibility index (Phi) is 1.55. The van der Waals surface area contributed by atoms with Crippen LogP contribution in [0.5, 0.6) is 0 Å². The van der Waals surface area contributed by atoms with E-state index in [4.69, 9.17) is 5.73 Å². The van der Waals surface area contributed by atoms with Crippen LogP contribution in [0.3, 0.4) is 0 Å². The fourth-order valence-electron chi connectivity index (χ4n) is 1.97. The number of hydrogen-bond donors (Lipinski definition) is 1. The summed E-state index contributed by atoms with van der Waals surface area (Å²) in [6, 6.07) is 0. The van der Waals surface area contributed by atoms with Gasteiger partial charge in [0, 0.05) is 0 Å². The molecule has 54 valence electrons. The van der Waals surface area contributed by atoms with Crippen LogP contribution in [0.1, 0.15) is 27.2 Å². The van der Waals surface area contributed by atoms with Gasteiger partial charge in [-0.2, -0.15) is 0 Å². The molecule has 0 aliphatic heterocycles. The third-order valence-corrected chi connectivity index (χ3v) is 3.40. The molecule has 0 spiro atoms. The third-order valence-electron chi connectivity index (χ3n) is 3.40. The van der Waals surface area contributed by atoms with Gasteiger partial charge in [-0.05, 0) is 23.8 Å². The van der Waals surface area contributed by atoms with Crippen LogP contribution < -0.4 is 5.73 Å². The molecule has 3 atom stereocenters. The molecule has 1 aliphatic carbocycles. The topological polar surface area (TPSA) is 26.0 Å². The number of hydrogen-bond acceptors (Lipinski definition) is 1. The van der Waals surface area contributed by atoms with Crippen molar-refractivity contribution < 1.29 is 0 Å². The lowest BCUT2D eigenvalue weighted by Gasteiger charge is -2.04. The van der Waals surface area contributed by atoms with E-state index >= 15 is 0 Å². The van der Waals surface area contributed by atoms with Crippen molar-refractivity contribution in [1.82, 2.24) is 0 Å². The minimum atomic E-state index is 0.592. The smallest absolute Gasteiger partial charge is 0.00408 e. The Bertz CT molecular complexity index is 111. The molecule has 0 saturated heterocycles. The zero-order valence-corrected chi connectivity index (χ0v) is 6.65. The average molecular weight is 127 g/mol. The molecule has 0 amide bonds.